The molecule has 2 aromatic rings. The van der Waals surface area contributed by atoms with Crippen LogP contribution in [-0.2, 0) is 16.1 Å². The molecule has 2 fully saturated rings. The number of nitrogens with zero attached hydrogens (tertiary/aromatic N) is 5. The van der Waals surface area contributed by atoms with E-state index in [1.165, 1.54) is 0 Å². The van der Waals surface area contributed by atoms with E-state index in [-0.39, 0.29) is 12.0 Å². The van der Waals surface area contributed by atoms with E-state index < -0.39 is 0 Å². The normalized spacial score (nSPS) is 20.7. The van der Waals surface area contributed by atoms with E-state index in [1.807, 2.05) is 29.2 Å². The number of rotatable bonds is 7. The molecule has 1 atom stereocenters. The van der Waals surface area contributed by atoms with Crippen LogP contribution in [0.5, 0.6) is 5.75 Å². The maximum absolute atomic E-state index is 12.7. The van der Waals surface area contributed by atoms with Gasteiger partial charge in [0.2, 0.25) is 17.6 Å². The van der Waals surface area contributed by atoms with Gasteiger partial charge in [0.25, 0.3) is 0 Å². The highest BCUT2D eigenvalue weighted by Crippen LogP contribution is 2.20. The maximum Gasteiger partial charge on any atom is 0.241 e. The van der Waals surface area contributed by atoms with Crippen LogP contribution in [0.15, 0.2) is 28.8 Å². The lowest BCUT2D eigenvalue weighted by molar-refractivity contribution is -0.140. The van der Waals surface area contributed by atoms with Crippen molar-refractivity contribution in [2.24, 2.45) is 0 Å². The number of benzene rings is 1. The first-order valence-corrected chi connectivity index (χ1v) is 11.0. The average Bonchev–Trinajstić information content (AvgIpc) is 3.29. The SMILES string of the molecule is CCC1CN(C(=O)CN2CCN(Cc3nc(-c4ccc(OC)cc4)no3)CC2)CCO1. The van der Waals surface area contributed by atoms with Gasteiger partial charge in [-0.3, -0.25) is 14.6 Å². The highest BCUT2D eigenvalue weighted by atomic mass is 16.5. The Morgan fingerprint density at radius 2 is 1.87 bits per heavy atom. The number of aromatic nitrogens is 2. The van der Waals surface area contributed by atoms with Gasteiger partial charge in [0, 0.05) is 44.8 Å². The Bertz CT molecular complexity index is 848. The van der Waals surface area contributed by atoms with Crippen molar-refractivity contribution in [3.63, 3.8) is 0 Å². The van der Waals surface area contributed by atoms with Crippen LogP contribution in [0.4, 0.5) is 0 Å². The van der Waals surface area contributed by atoms with Crippen molar-refractivity contribution < 1.29 is 18.8 Å². The standard InChI is InChI=1S/C22H31N5O4/c1-3-18-14-27(12-13-30-18)21(28)16-26-10-8-25(9-11-26)15-20-23-22(24-31-20)17-4-6-19(29-2)7-5-17/h4-7,18H,3,8-16H2,1-2H3. The number of morpholine rings is 1. The van der Waals surface area contributed by atoms with Gasteiger partial charge in [-0.25, -0.2) is 0 Å². The van der Waals surface area contributed by atoms with Crippen LogP contribution in [0.2, 0.25) is 0 Å². The van der Waals surface area contributed by atoms with Crippen molar-refractivity contribution in [3.8, 4) is 17.1 Å². The minimum Gasteiger partial charge on any atom is -0.497 e. The Kier molecular flexibility index (Phi) is 7.16. The van der Waals surface area contributed by atoms with E-state index in [1.54, 1.807) is 7.11 Å². The van der Waals surface area contributed by atoms with Gasteiger partial charge in [0.05, 0.1) is 32.9 Å². The van der Waals surface area contributed by atoms with Crippen molar-refractivity contribution in [1.29, 1.82) is 0 Å². The van der Waals surface area contributed by atoms with Crippen molar-refractivity contribution in [2.45, 2.75) is 26.0 Å². The molecule has 1 unspecified atom stereocenters. The molecule has 9 heteroatoms. The van der Waals surface area contributed by atoms with E-state index in [0.717, 1.165) is 43.9 Å². The fraction of sp³-hybridized carbons (Fsp3) is 0.591. The molecule has 9 nitrogen and oxygen atoms in total. The van der Waals surface area contributed by atoms with Gasteiger partial charge in [-0.2, -0.15) is 4.98 Å². The third-order valence-electron chi connectivity index (χ3n) is 5.95. The largest absolute Gasteiger partial charge is 0.497 e. The lowest BCUT2D eigenvalue weighted by atomic mass is 10.2. The number of ether oxygens (including phenoxy) is 2. The highest BCUT2D eigenvalue weighted by Gasteiger charge is 2.26. The Morgan fingerprint density at radius 1 is 1.13 bits per heavy atom. The van der Waals surface area contributed by atoms with E-state index in [4.69, 9.17) is 14.0 Å². The van der Waals surface area contributed by atoms with Gasteiger partial charge in [0.15, 0.2) is 0 Å². The third-order valence-corrected chi connectivity index (χ3v) is 5.95. The zero-order chi connectivity index (χ0) is 21.6. The molecular weight excluding hydrogens is 398 g/mol. The van der Waals surface area contributed by atoms with Gasteiger partial charge >= 0.3 is 0 Å². The van der Waals surface area contributed by atoms with Crippen LogP contribution in [0.3, 0.4) is 0 Å². The van der Waals surface area contributed by atoms with Gasteiger partial charge in [-0.1, -0.05) is 12.1 Å². The molecule has 2 aliphatic rings. The molecular formula is C22H31N5O4. The van der Waals surface area contributed by atoms with Crippen molar-refractivity contribution >= 4 is 5.91 Å². The minimum absolute atomic E-state index is 0.173. The summed E-state index contributed by atoms with van der Waals surface area (Å²) in [6, 6.07) is 7.59. The molecule has 0 saturated carbocycles. The number of carbonyl (C=O) groups excluding carboxylic acids is 1. The number of amides is 1. The lowest BCUT2D eigenvalue weighted by Gasteiger charge is -2.36. The highest BCUT2D eigenvalue weighted by molar-refractivity contribution is 5.78. The van der Waals surface area contributed by atoms with Gasteiger partial charge in [-0.05, 0) is 30.7 Å². The third kappa shape index (κ3) is 5.61. The number of hydrogen-bond donors (Lipinski definition) is 0. The first kappa shape index (κ1) is 21.7. The summed E-state index contributed by atoms with van der Waals surface area (Å²) in [4.78, 5) is 23.6. The second-order valence-corrected chi connectivity index (χ2v) is 8.03. The average molecular weight is 430 g/mol. The quantitative estimate of drug-likeness (QED) is 0.655. The second-order valence-electron chi connectivity index (χ2n) is 8.03. The molecule has 31 heavy (non-hydrogen) atoms. The Morgan fingerprint density at radius 3 is 2.58 bits per heavy atom. The molecule has 4 rings (SSSR count). The van der Waals surface area contributed by atoms with Crippen molar-refractivity contribution in [2.75, 3.05) is 59.5 Å². The summed E-state index contributed by atoms with van der Waals surface area (Å²) in [6.45, 7) is 8.69. The summed E-state index contributed by atoms with van der Waals surface area (Å²) < 4.78 is 16.3. The van der Waals surface area contributed by atoms with Crippen LogP contribution >= 0.6 is 0 Å². The molecule has 168 valence electrons. The lowest BCUT2D eigenvalue weighted by Crippen LogP contribution is -2.52. The van der Waals surface area contributed by atoms with Crippen LogP contribution in [0.1, 0.15) is 19.2 Å². The van der Waals surface area contributed by atoms with Gasteiger partial charge in [-0.15, -0.1) is 0 Å². The van der Waals surface area contributed by atoms with Crippen LogP contribution in [0.25, 0.3) is 11.4 Å². The molecule has 2 aliphatic heterocycles. The molecule has 0 radical (unpaired) electrons. The Balaban J connectivity index is 1.23. The molecule has 1 aromatic heterocycles. The predicted octanol–water partition coefficient (Wildman–Crippen LogP) is 1.50. The molecule has 0 spiro atoms. The number of methoxy groups -OCH3 is 1. The summed E-state index contributed by atoms with van der Waals surface area (Å²) in [5, 5.41) is 4.10. The van der Waals surface area contributed by atoms with Gasteiger partial charge < -0.3 is 18.9 Å². The van der Waals surface area contributed by atoms with E-state index in [0.29, 0.717) is 44.5 Å². The Labute approximate surface area is 182 Å². The topological polar surface area (TPSA) is 84.2 Å². The van der Waals surface area contributed by atoms with E-state index >= 15 is 0 Å². The molecule has 2 saturated heterocycles. The predicted molar refractivity (Wildman–Crippen MR) is 115 cm³/mol. The zero-order valence-electron chi connectivity index (χ0n) is 18.3. The zero-order valence-corrected chi connectivity index (χ0v) is 18.3. The molecule has 1 amide bonds. The molecule has 1 aromatic carbocycles. The van der Waals surface area contributed by atoms with E-state index in [9.17, 15) is 4.79 Å². The molecule has 0 aliphatic carbocycles. The summed E-state index contributed by atoms with van der Waals surface area (Å²) in [6.07, 6.45) is 1.12. The maximum atomic E-state index is 12.7. The van der Waals surface area contributed by atoms with Crippen molar-refractivity contribution in [3.05, 3.63) is 30.2 Å². The minimum atomic E-state index is 0.173. The fourth-order valence-electron chi connectivity index (χ4n) is 3.96. The monoisotopic (exact) mass is 429 g/mol. The van der Waals surface area contributed by atoms with Crippen LogP contribution in [0, 0.1) is 0 Å². The smallest absolute Gasteiger partial charge is 0.241 e. The number of hydrogen-bond acceptors (Lipinski definition) is 8. The molecule has 0 N–H and O–H groups in total. The Hall–Kier alpha value is -2.49. The first-order valence-electron chi connectivity index (χ1n) is 11.0. The van der Waals surface area contributed by atoms with Gasteiger partial charge in [0.1, 0.15) is 5.75 Å². The summed E-state index contributed by atoms with van der Waals surface area (Å²) in [5.41, 5.74) is 0.896. The molecule has 0 bridgehead atoms. The second kappa shape index (κ2) is 10.2. The van der Waals surface area contributed by atoms with E-state index in [2.05, 4.69) is 26.9 Å². The summed E-state index contributed by atoms with van der Waals surface area (Å²) in [7, 11) is 1.64. The van der Waals surface area contributed by atoms with Crippen molar-refractivity contribution in [1.82, 2.24) is 24.8 Å². The number of piperazine rings is 1. The fourth-order valence-corrected chi connectivity index (χ4v) is 3.96. The van der Waals surface area contributed by atoms with Crippen LogP contribution in [-0.4, -0.2) is 96.4 Å². The molecule has 3 heterocycles. The summed E-state index contributed by atoms with van der Waals surface area (Å²) in [5.74, 6) is 2.19. The number of carbonyl (C=O) groups is 1. The van der Waals surface area contributed by atoms with Crippen LogP contribution < -0.4 is 4.74 Å². The summed E-state index contributed by atoms with van der Waals surface area (Å²) >= 11 is 0. The first-order chi connectivity index (χ1) is 15.1.